The Hall–Kier alpha value is -0.280. The van der Waals surface area contributed by atoms with Crippen LogP contribution in [-0.4, -0.2) is 3.36 Å². The standard InChI is InChI=1S/C9H7Br2N/c10-9(11)6-5-7-3-1-2-4-8(7)12-9/h1-6,12H. The van der Waals surface area contributed by atoms with Gasteiger partial charge in [0.15, 0.2) is 3.36 Å². The lowest BCUT2D eigenvalue weighted by Gasteiger charge is -2.24. The van der Waals surface area contributed by atoms with Gasteiger partial charge in [0.1, 0.15) is 0 Å². The van der Waals surface area contributed by atoms with Crippen LogP contribution in [0.4, 0.5) is 5.69 Å². The molecular formula is C9H7Br2N. The van der Waals surface area contributed by atoms with Crippen LogP contribution < -0.4 is 5.32 Å². The van der Waals surface area contributed by atoms with Crippen molar-refractivity contribution in [1.29, 1.82) is 0 Å². The molecule has 0 unspecified atom stereocenters. The van der Waals surface area contributed by atoms with E-state index < -0.39 is 0 Å². The summed E-state index contributed by atoms with van der Waals surface area (Å²) in [6.45, 7) is 0. The Bertz CT molecular complexity index is 331. The van der Waals surface area contributed by atoms with Crippen LogP contribution in [0.15, 0.2) is 30.3 Å². The van der Waals surface area contributed by atoms with Crippen LogP contribution in [-0.2, 0) is 0 Å². The van der Waals surface area contributed by atoms with Crippen LogP contribution in [0.1, 0.15) is 5.56 Å². The Kier molecular flexibility index (Phi) is 2.00. The molecular weight excluding hydrogens is 282 g/mol. The van der Waals surface area contributed by atoms with E-state index in [-0.39, 0.29) is 3.36 Å². The molecule has 0 atom stereocenters. The average molecular weight is 289 g/mol. The van der Waals surface area contributed by atoms with E-state index in [0.717, 1.165) is 5.69 Å². The predicted molar refractivity (Wildman–Crippen MR) is 59.7 cm³/mol. The highest BCUT2D eigenvalue weighted by Gasteiger charge is 2.22. The first-order valence-electron chi connectivity index (χ1n) is 3.62. The molecule has 0 amide bonds. The number of nitrogens with one attached hydrogen (secondary N) is 1. The molecule has 0 fully saturated rings. The van der Waals surface area contributed by atoms with Gasteiger partial charge in [0.2, 0.25) is 0 Å². The molecule has 2 rings (SSSR count). The van der Waals surface area contributed by atoms with Gasteiger partial charge in [0.05, 0.1) is 0 Å². The molecule has 0 saturated carbocycles. The summed E-state index contributed by atoms with van der Waals surface area (Å²) in [4.78, 5) is 0. The topological polar surface area (TPSA) is 12.0 Å². The van der Waals surface area contributed by atoms with Crippen molar-refractivity contribution < 1.29 is 0 Å². The van der Waals surface area contributed by atoms with Crippen molar-refractivity contribution in [2.24, 2.45) is 0 Å². The largest absolute Gasteiger partial charge is 0.358 e. The molecule has 1 aliphatic heterocycles. The SMILES string of the molecule is BrC1(Br)C=Cc2ccccc2N1. The fourth-order valence-corrected chi connectivity index (χ4v) is 1.86. The van der Waals surface area contributed by atoms with E-state index in [2.05, 4.69) is 55.4 Å². The number of halogens is 2. The van der Waals surface area contributed by atoms with Gasteiger partial charge in [0, 0.05) is 5.69 Å². The third kappa shape index (κ3) is 1.57. The van der Waals surface area contributed by atoms with E-state index in [4.69, 9.17) is 0 Å². The first-order chi connectivity index (χ1) is 5.67. The second-order valence-electron chi connectivity index (χ2n) is 2.67. The maximum atomic E-state index is 3.48. The van der Waals surface area contributed by atoms with Crippen LogP contribution in [0.5, 0.6) is 0 Å². The minimum Gasteiger partial charge on any atom is -0.358 e. The molecule has 0 spiro atoms. The molecule has 62 valence electrons. The van der Waals surface area contributed by atoms with E-state index >= 15 is 0 Å². The monoisotopic (exact) mass is 287 g/mol. The van der Waals surface area contributed by atoms with E-state index in [9.17, 15) is 0 Å². The quantitative estimate of drug-likeness (QED) is 0.568. The zero-order chi connectivity index (χ0) is 8.60. The summed E-state index contributed by atoms with van der Waals surface area (Å²) < 4.78 is -0.283. The molecule has 3 heteroatoms. The second-order valence-corrected chi connectivity index (χ2v) is 6.23. The predicted octanol–water partition coefficient (Wildman–Crippen LogP) is 3.57. The van der Waals surface area contributed by atoms with Crippen molar-refractivity contribution in [3.8, 4) is 0 Å². The number of rotatable bonds is 0. The first-order valence-corrected chi connectivity index (χ1v) is 5.20. The Labute approximate surface area is 88.1 Å². The molecule has 1 aliphatic rings. The zero-order valence-corrected chi connectivity index (χ0v) is 9.39. The number of para-hydroxylation sites is 1. The second kappa shape index (κ2) is 2.89. The number of alkyl halides is 2. The van der Waals surface area contributed by atoms with Crippen molar-refractivity contribution in [3.05, 3.63) is 35.9 Å². The average Bonchev–Trinajstić information content (AvgIpc) is 2.02. The van der Waals surface area contributed by atoms with Crippen molar-refractivity contribution in [3.63, 3.8) is 0 Å². The Balaban J connectivity index is 2.46. The van der Waals surface area contributed by atoms with E-state index in [0.29, 0.717) is 0 Å². The lowest BCUT2D eigenvalue weighted by atomic mass is 10.1. The summed E-state index contributed by atoms with van der Waals surface area (Å²) >= 11 is 6.96. The fraction of sp³-hybridized carbons (Fsp3) is 0.111. The fourth-order valence-electron chi connectivity index (χ4n) is 1.17. The van der Waals surface area contributed by atoms with Gasteiger partial charge in [-0.3, -0.25) is 0 Å². The van der Waals surface area contributed by atoms with Crippen molar-refractivity contribution in [1.82, 2.24) is 0 Å². The van der Waals surface area contributed by atoms with Crippen LogP contribution in [0.3, 0.4) is 0 Å². The molecule has 1 N–H and O–H groups in total. The first kappa shape index (κ1) is 8.32. The van der Waals surface area contributed by atoms with Crippen LogP contribution in [0.25, 0.3) is 6.08 Å². The van der Waals surface area contributed by atoms with E-state index in [1.54, 1.807) is 0 Å². The lowest BCUT2D eigenvalue weighted by Crippen LogP contribution is -2.23. The summed E-state index contributed by atoms with van der Waals surface area (Å²) in [7, 11) is 0. The molecule has 0 bridgehead atoms. The van der Waals surface area contributed by atoms with Gasteiger partial charge >= 0.3 is 0 Å². The minimum atomic E-state index is -0.283. The number of benzene rings is 1. The molecule has 0 radical (unpaired) electrons. The summed E-state index contributed by atoms with van der Waals surface area (Å²) in [6.07, 6.45) is 4.10. The van der Waals surface area contributed by atoms with Crippen LogP contribution >= 0.6 is 31.9 Å². The highest BCUT2D eigenvalue weighted by atomic mass is 79.9. The number of fused-ring (bicyclic) bond motifs is 1. The summed E-state index contributed by atoms with van der Waals surface area (Å²) in [5.41, 5.74) is 2.35. The van der Waals surface area contributed by atoms with Gasteiger partial charge in [-0.1, -0.05) is 24.3 Å². The number of hydrogen-bond acceptors (Lipinski definition) is 1. The molecule has 1 aromatic rings. The highest BCUT2D eigenvalue weighted by Crippen LogP contribution is 2.35. The summed E-state index contributed by atoms with van der Waals surface area (Å²) in [5.74, 6) is 0. The van der Waals surface area contributed by atoms with E-state index in [1.165, 1.54) is 5.56 Å². The highest BCUT2D eigenvalue weighted by molar-refractivity contribution is 9.25. The smallest absolute Gasteiger partial charge is 0.168 e. The molecule has 0 aromatic heterocycles. The maximum absolute atomic E-state index is 3.48. The van der Waals surface area contributed by atoms with Crippen LogP contribution in [0, 0.1) is 0 Å². The van der Waals surface area contributed by atoms with Crippen molar-refractivity contribution in [2.75, 3.05) is 5.32 Å². The molecule has 0 saturated heterocycles. The normalized spacial score (nSPS) is 18.2. The third-order valence-corrected chi connectivity index (χ3v) is 2.66. The summed E-state index contributed by atoms with van der Waals surface area (Å²) in [5, 5.41) is 3.28. The molecule has 12 heavy (non-hydrogen) atoms. The van der Waals surface area contributed by atoms with Gasteiger partial charge in [0.25, 0.3) is 0 Å². The lowest BCUT2D eigenvalue weighted by molar-refractivity contribution is 1.20. The number of hydrogen-bond donors (Lipinski definition) is 1. The molecule has 1 aromatic carbocycles. The summed E-state index contributed by atoms with van der Waals surface area (Å²) in [6, 6.07) is 8.17. The van der Waals surface area contributed by atoms with Gasteiger partial charge < -0.3 is 5.32 Å². The molecule has 1 nitrogen and oxygen atoms in total. The molecule has 0 aliphatic carbocycles. The van der Waals surface area contributed by atoms with Crippen molar-refractivity contribution in [2.45, 2.75) is 3.36 Å². The Morgan fingerprint density at radius 3 is 2.75 bits per heavy atom. The van der Waals surface area contributed by atoms with Crippen molar-refractivity contribution >= 4 is 43.6 Å². The van der Waals surface area contributed by atoms with E-state index in [1.807, 2.05) is 18.2 Å². The Morgan fingerprint density at radius 1 is 1.17 bits per heavy atom. The minimum absolute atomic E-state index is 0.283. The van der Waals surface area contributed by atoms with Gasteiger partial charge in [-0.05, 0) is 49.6 Å². The van der Waals surface area contributed by atoms with Crippen LogP contribution in [0.2, 0.25) is 0 Å². The molecule has 1 heterocycles. The van der Waals surface area contributed by atoms with Gasteiger partial charge in [-0.25, -0.2) is 0 Å². The van der Waals surface area contributed by atoms with Gasteiger partial charge in [-0.15, -0.1) is 0 Å². The van der Waals surface area contributed by atoms with Gasteiger partial charge in [-0.2, -0.15) is 0 Å². The Morgan fingerprint density at radius 2 is 1.92 bits per heavy atom. The maximum Gasteiger partial charge on any atom is 0.168 e. The third-order valence-electron chi connectivity index (χ3n) is 1.73. The zero-order valence-electron chi connectivity index (χ0n) is 6.22. The number of anilines is 1.